The van der Waals surface area contributed by atoms with E-state index in [1.807, 2.05) is 31.2 Å². The molecule has 1 atom stereocenters. The predicted octanol–water partition coefficient (Wildman–Crippen LogP) is 2.34. The van der Waals surface area contributed by atoms with Gasteiger partial charge in [0.2, 0.25) is 5.82 Å². The monoisotopic (exact) mass is 261 g/mol. The number of hydrogen-bond donors (Lipinski definition) is 1. The van der Waals surface area contributed by atoms with Crippen LogP contribution in [0.5, 0.6) is 0 Å². The lowest BCUT2D eigenvalue weighted by atomic mass is 10.1. The molecule has 1 unspecified atom stereocenters. The maximum absolute atomic E-state index is 5.56. The molecule has 0 saturated heterocycles. The highest BCUT2D eigenvalue weighted by Crippen LogP contribution is 2.23. The van der Waals surface area contributed by atoms with Gasteiger partial charge in [-0.1, -0.05) is 24.2 Å². The quantitative estimate of drug-likeness (QED) is 0.863. The fourth-order valence-corrected chi connectivity index (χ4v) is 1.96. The Bertz CT molecular complexity index is 521. The molecule has 1 aromatic carbocycles. The van der Waals surface area contributed by atoms with Gasteiger partial charge in [0.25, 0.3) is 5.89 Å². The van der Waals surface area contributed by atoms with Crippen LogP contribution in [-0.2, 0) is 11.2 Å². The van der Waals surface area contributed by atoms with Crippen molar-refractivity contribution in [3.8, 4) is 11.5 Å². The Kier molecular flexibility index (Phi) is 4.65. The van der Waals surface area contributed by atoms with Crippen LogP contribution in [0.15, 0.2) is 28.8 Å². The molecule has 102 valence electrons. The minimum absolute atomic E-state index is 0.121. The molecule has 0 fully saturated rings. The molecule has 1 heterocycles. The van der Waals surface area contributed by atoms with Crippen LogP contribution >= 0.6 is 0 Å². The molecule has 0 spiro atoms. The lowest BCUT2D eigenvalue weighted by Gasteiger charge is -2.06. The van der Waals surface area contributed by atoms with Gasteiger partial charge in [0.05, 0.1) is 0 Å². The fraction of sp³-hybridized carbons (Fsp3) is 0.429. The molecule has 1 aromatic heterocycles. The average Bonchev–Trinajstić information content (AvgIpc) is 2.91. The summed E-state index contributed by atoms with van der Waals surface area (Å²) in [7, 11) is 1.64. The summed E-state index contributed by atoms with van der Waals surface area (Å²) in [5.41, 5.74) is 7.64. The first-order chi connectivity index (χ1) is 9.28. The fourth-order valence-electron chi connectivity index (χ4n) is 1.96. The van der Waals surface area contributed by atoms with E-state index in [2.05, 4.69) is 10.1 Å². The van der Waals surface area contributed by atoms with Gasteiger partial charge < -0.3 is 15.0 Å². The van der Waals surface area contributed by atoms with Crippen LogP contribution in [0, 0.1) is 0 Å². The van der Waals surface area contributed by atoms with Crippen molar-refractivity contribution in [2.24, 2.45) is 5.73 Å². The zero-order chi connectivity index (χ0) is 13.7. The van der Waals surface area contributed by atoms with E-state index in [4.69, 9.17) is 15.0 Å². The molecule has 2 rings (SSSR count). The van der Waals surface area contributed by atoms with E-state index in [0.717, 1.165) is 18.4 Å². The van der Waals surface area contributed by atoms with Crippen molar-refractivity contribution in [1.82, 2.24) is 10.1 Å². The molecule has 2 N–H and O–H groups in total. The van der Waals surface area contributed by atoms with Crippen molar-refractivity contribution in [2.45, 2.75) is 25.9 Å². The minimum Gasteiger partial charge on any atom is -0.373 e. The van der Waals surface area contributed by atoms with Crippen LogP contribution in [0.25, 0.3) is 11.5 Å². The third kappa shape index (κ3) is 3.19. The number of ether oxygens (including phenoxy) is 1. The molecule has 5 heteroatoms. The highest BCUT2D eigenvalue weighted by molar-refractivity contribution is 5.54. The molecule has 0 amide bonds. The molecular formula is C14H19N3O2. The summed E-state index contributed by atoms with van der Waals surface area (Å²) in [6.07, 6.45) is 1.53. The molecule has 0 aliphatic heterocycles. The summed E-state index contributed by atoms with van der Waals surface area (Å²) in [4.78, 5) is 4.39. The van der Waals surface area contributed by atoms with E-state index in [1.165, 1.54) is 5.56 Å². The van der Waals surface area contributed by atoms with E-state index >= 15 is 0 Å². The molecular weight excluding hydrogens is 242 g/mol. The van der Waals surface area contributed by atoms with Gasteiger partial charge in [-0.05, 0) is 37.1 Å². The van der Waals surface area contributed by atoms with E-state index < -0.39 is 0 Å². The minimum atomic E-state index is -0.121. The highest BCUT2D eigenvalue weighted by Gasteiger charge is 2.16. The molecule has 19 heavy (non-hydrogen) atoms. The third-order valence-electron chi connectivity index (χ3n) is 2.99. The van der Waals surface area contributed by atoms with Crippen molar-refractivity contribution in [3.05, 3.63) is 35.7 Å². The number of aromatic nitrogens is 2. The van der Waals surface area contributed by atoms with Gasteiger partial charge in [0.15, 0.2) is 0 Å². The van der Waals surface area contributed by atoms with Gasteiger partial charge in [0, 0.05) is 12.7 Å². The molecule has 2 aromatic rings. The van der Waals surface area contributed by atoms with Gasteiger partial charge in [-0.25, -0.2) is 0 Å². The third-order valence-corrected chi connectivity index (χ3v) is 2.99. The number of rotatable bonds is 6. The highest BCUT2D eigenvalue weighted by atomic mass is 16.5. The predicted molar refractivity (Wildman–Crippen MR) is 72.5 cm³/mol. The van der Waals surface area contributed by atoms with Crippen LogP contribution in [0.1, 0.15) is 30.8 Å². The van der Waals surface area contributed by atoms with Crippen LogP contribution in [-0.4, -0.2) is 23.8 Å². The Morgan fingerprint density at radius 2 is 2.26 bits per heavy atom. The number of nitrogens with zero attached hydrogens (tertiary/aromatic N) is 2. The average molecular weight is 261 g/mol. The molecule has 0 aliphatic rings. The first-order valence-electron chi connectivity index (χ1n) is 6.44. The summed E-state index contributed by atoms with van der Waals surface area (Å²) < 4.78 is 10.6. The van der Waals surface area contributed by atoms with E-state index in [0.29, 0.717) is 18.3 Å². The maximum atomic E-state index is 5.56. The number of methoxy groups -OCH3 is 1. The Hall–Kier alpha value is -1.72. The first kappa shape index (κ1) is 13.7. The zero-order valence-electron chi connectivity index (χ0n) is 11.3. The topological polar surface area (TPSA) is 74.2 Å². The van der Waals surface area contributed by atoms with Crippen molar-refractivity contribution in [2.75, 3.05) is 13.7 Å². The van der Waals surface area contributed by atoms with Crippen molar-refractivity contribution in [1.29, 1.82) is 0 Å². The van der Waals surface area contributed by atoms with Crippen molar-refractivity contribution < 1.29 is 9.26 Å². The largest absolute Gasteiger partial charge is 0.373 e. The Balaban J connectivity index is 2.24. The van der Waals surface area contributed by atoms with Gasteiger partial charge >= 0.3 is 0 Å². The van der Waals surface area contributed by atoms with Crippen LogP contribution < -0.4 is 5.73 Å². The van der Waals surface area contributed by atoms with Gasteiger partial charge in [-0.3, -0.25) is 0 Å². The Morgan fingerprint density at radius 3 is 2.95 bits per heavy atom. The van der Waals surface area contributed by atoms with Gasteiger partial charge in [-0.2, -0.15) is 4.98 Å². The van der Waals surface area contributed by atoms with Crippen molar-refractivity contribution in [3.63, 3.8) is 0 Å². The summed E-state index contributed by atoms with van der Waals surface area (Å²) >= 11 is 0. The molecule has 0 bridgehead atoms. The number of hydrogen-bond acceptors (Lipinski definition) is 5. The normalized spacial score (nSPS) is 12.6. The first-order valence-corrected chi connectivity index (χ1v) is 6.44. The zero-order valence-corrected chi connectivity index (χ0v) is 11.3. The Labute approximate surface area is 112 Å². The second-order valence-corrected chi connectivity index (χ2v) is 4.33. The van der Waals surface area contributed by atoms with Crippen LogP contribution in [0.4, 0.5) is 0 Å². The van der Waals surface area contributed by atoms with E-state index in [9.17, 15) is 0 Å². The van der Waals surface area contributed by atoms with Gasteiger partial charge in [-0.15, -0.1) is 0 Å². The molecule has 0 aliphatic carbocycles. The van der Waals surface area contributed by atoms with E-state index in [-0.39, 0.29) is 6.10 Å². The summed E-state index contributed by atoms with van der Waals surface area (Å²) in [6, 6.07) is 7.98. The van der Waals surface area contributed by atoms with Crippen LogP contribution in [0.3, 0.4) is 0 Å². The number of benzene rings is 1. The van der Waals surface area contributed by atoms with Crippen molar-refractivity contribution >= 4 is 0 Å². The maximum Gasteiger partial charge on any atom is 0.258 e. The molecule has 5 nitrogen and oxygen atoms in total. The van der Waals surface area contributed by atoms with Crippen LogP contribution in [0.2, 0.25) is 0 Å². The SMILES string of the molecule is CCC(OC)c1noc(-c2cccc(CCN)c2)n1. The molecule has 0 radical (unpaired) electrons. The summed E-state index contributed by atoms with van der Waals surface area (Å²) in [5, 5.41) is 3.97. The lowest BCUT2D eigenvalue weighted by molar-refractivity contribution is 0.0903. The summed E-state index contributed by atoms with van der Waals surface area (Å²) in [5.74, 6) is 1.11. The van der Waals surface area contributed by atoms with E-state index in [1.54, 1.807) is 7.11 Å². The van der Waals surface area contributed by atoms with Gasteiger partial charge in [0.1, 0.15) is 6.10 Å². The number of nitrogens with two attached hydrogens (primary N) is 1. The molecule has 0 saturated carbocycles. The Morgan fingerprint density at radius 1 is 1.42 bits per heavy atom. The smallest absolute Gasteiger partial charge is 0.258 e. The second-order valence-electron chi connectivity index (χ2n) is 4.33. The summed E-state index contributed by atoms with van der Waals surface area (Å²) in [6.45, 7) is 2.65. The standard InChI is InChI=1S/C14H19N3O2/c1-3-12(18-2)13-16-14(19-17-13)11-6-4-5-10(9-11)7-8-15/h4-6,9,12H,3,7-8,15H2,1-2H3. The second kappa shape index (κ2) is 6.45. The lowest BCUT2D eigenvalue weighted by Crippen LogP contribution is -2.02.